The summed E-state index contributed by atoms with van der Waals surface area (Å²) in [5.41, 5.74) is 0.943. The van der Waals surface area contributed by atoms with Crippen molar-refractivity contribution >= 4 is 29.4 Å². The van der Waals surface area contributed by atoms with Gasteiger partial charge in [0.2, 0.25) is 0 Å². The molecule has 0 saturated heterocycles. The Bertz CT molecular complexity index is 1090. The van der Waals surface area contributed by atoms with Crippen LogP contribution >= 0.6 is 0 Å². The summed E-state index contributed by atoms with van der Waals surface area (Å²) >= 11 is 0. The highest BCUT2D eigenvalue weighted by Gasteiger charge is 2.35. The van der Waals surface area contributed by atoms with Crippen molar-refractivity contribution in [1.29, 1.82) is 5.26 Å². The van der Waals surface area contributed by atoms with Gasteiger partial charge in [-0.25, -0.2) is 4.79 Å². The number of amides is 3. The molecular formula is C23H19N3O5. The first-order valence-electron chi connectivity index (χ1n) is 9.48. The summed E-state index contributed by atoms with van der Waals surface area (Å²) in [6.07, 6.45) is 1.56. The Morgan fingerprint density at radius 2 is 1.81 bits per heavy atom. The lowest BCUT2D eigenvalue weighted by Crippen LogP contribution is -2.35. The van der Waals surface area contributed by atoms with E-state index in [0.29, 0.717) is 5.69 Å². The van der Waals surface area contributed by atoms with E-state index in [-0.39, 0.29) is 36.2 Å². The number of hydrogen-bond donors (Lipinski definition) is 0. The van der Waals surface area contributed by atoms with E-state index in [2.05, 4.69) is 6.58 Å². The number of benzene rings is 2. The fourth-order valence-electron chi connectivity index (χ4n) is 3.17. The summed E-state index contributed by atoms with van der Waals surface area (Å²) in [4.78, 5) is 52.1. The molecule has 3 amide bonds. The first kappa shape index (κ1) is 21.5. The first-order valence-corrected chi connectivity index (χ1v) is 9.48. The summed E-state index contributed by atoms with van der Waals surface area (Å²) in [7, 11) is 0. The number of anilines is 1. The molecule has 8 heteroatoms. The third-order valence-electron chi connectivity index (χ3n) is 4.66. The molecule has 0 unspecified atom stereocenters. The molecule has 0 spiro atoms. The maximum absolute atomic E-state index is 12.6. The average Bonchev–Trinajstić information content (AvgIpc) is 3.03. The van der Waals surface area contributed by atoms with Crippen LogP contribution in [0.3, 0.4) is 0 Å². The third-order valence-corrected chi connectivity index (χ3v) is 4.66. The van der Waals surface area contributed by atoms with Gasteiger partial charge in [0.05, 0.1) is 29.2 Å². The molecule has 0 bridgehead atoms. The van der Waals surface area contributed by atoms with Crippen LogP contribution in [0.4, 0.5) is 5.69 Å². The van der Waals surface area contributed by atoms with E-state index in [4.69, 9.17) is 10.00 Å². The maximum Gasteiger partial charge on any atom is 0.338 e. The number of ether oxygens (including phenoxy) is 1. The van der Waals surface area contributed by atoms with E-state index in [1.165, 1.54) is 29.2 Å². The zero-order chi connectivity index (χ0) is 22.4. The Labute approximate surface area is 178 Å². The normalized spacial score (nSPS) is 12.2. The van der Waals surface area contributed by atoms with Crippen LogP contribution in [0.1, 0.15) is 37.5 Å². The van der Waals surface area contributed by atoms with Crippen molar-refractivity contribution in [1.82, 2.24) is 4.90 Å². The number of para-hydroxylation sites is 1. The van der Waals surface area contributed by atoms with Crippen LogP contribution in [0, 0.1) is 11.3 Å². The molecule has 1 aliphatic rings. The summed E-state index contributed by atoms with van der Waals surface area (Å²) in [6, 6.07) is 14.8. The van der Waals surface area contributed by atoms with E-state index in [0.717, 1.165) is 4.90 Å². The van der Waals surface area contributed by atoms with Gasteiger partial charge in [-0.2, -0.15) is 5.26 Å². The fourth-order valence-corrected chi connectivity index (χ4v) is 3.17. The second-order valence-electron chi connectivity index (χ2n) is 6.64. The number of hydrogen-bond acceptors (Lipinski definition) is 6. The van der Waals surface area contributed by atoms with Gasteiger partial charge in [0.25, 0.3) is 17.7 Å². The molecule has 8 nitrogen and oxygen atoms in total. The van der Waals surface area contributed by atoms with Gasteiger partial charge in [0.1, 0.15) is 0 Å². The zero-order valence-corrected chi connectivity index (χ0v) is 16.6. The molecule has 0 fully saturated rings. The van der Waals surface area contributed by atoms with E-state index in [9.17, 15) is 19.2 Å². The van der Waals surface area contributed by atoms with Gasteiger partial charge in [-0.1, -0.05) is 24.3 Å². The lowest BCUT2D eigenvalue weighted by molar-refractivity contribution is -0.121. The van der Waals surface area contributed by atoms with Crippen LogP contribution in [0.2, 0.25) is 0 Å². The Hall–Kier alpha value is -4.25. The molecule has 2 aromatic rings. The smallest absolute Gasteiger partial charge is 0.338 e. The highest BCUT2D eigenvalue weighted by Crippen LogP contribution is 2.24. The van der Waals surface area contributed by atoms with Crippen LogP contribution in [-0.2, 0) is 9.53 Å². The molecule has 1 aliphatic heterocycles. The molecular weight excluding hydrogens is 398 g/mol. The monoisotopic (exact) mass is 417 g/mol. The van der Waals surface area contributed by atoms with E-state index >= 15 is 0 Å². The molecule has 31 heavy (non-hydrogen) atoms. The Balaban J connectivity index is 1.70. The Morgan fingerprint density at radius 3 is 2.48 bits per heavy atom. The van der Waals surface area contributed by atoms with E-state index < -0.39 is 30.3 Å². The molecule has 0 N–H and O–H groups in total. The van der Waals surface area contributed by atoms with Gasteiger partial charge in [-0.15, -0.1) is 6.58 Å². The minimum atomic E-state index is -0.799. The van der Waals surface area contributed by atoms with Crippen LogP contribution in [0.5, 0.6) is 0 Å². The molecule has 0 radical (unpaired) electrons. The molecule has 0 aromatic heterocycles. The molecule has 2 aromatic carbocycles. The van der Waals surface area contributed by atoms with Crippen molar-refractivity contribution in [3.05, 3.63) is 77.9 Å². The number of carbonyl (C=O) groups is 4. The van der Waals surface area contributed by atoms with Crippen molar-refractivity contribution < 1.29 is 23.9 Å². The quantitative estimate of drug-likeness (QED) is 0.371. The van der Waals surface area contributed by atoms with Crippen molar-refractivity contribution in [2.75, 3.05) is 24.6 Å². The predicted molar refractivity (Wildman–Crippen MR) is 111 cm³/mol. The highest BCUT2D eigenvalue weighted by atomic mass is 16.5. The number of nitrogens with zero attached hydrogens (tertiary/aromatic N) is 3. The predicted octanol–water partition coefficient (Wildman–Crippen LogP) is 2.57. The average molecular weight is 417 g/mol. The summed E-state index contributed by atoms with van der Waals surface area (Å²) in [5, 5.41) is 8.85. The zero-order valence-electron chi connectivity index (χ0n) is 16.6. The van der Waals surface area contributed by atoms with Crippen molar-refractivity contribution in [2.45, 2.75) is 6.42 Å². The lowest BCUT2D eigenvalue weighted by Gasteiger charge is -2.21. The number of imide groups is 1. The largest absolute Gasteiger partial charge is 0.452 e. The fraction of sp³-hybridized carbons (Fsp3) is 0.174. The first-order chi connectivity index (χ1) is 15.0. The maximum atomic E-state index is 12.6. The second kappa shape index (κ2) is 9.50. The molecule has 156 valence electrons. The van der Waals surface area contributed by atoms with Crippen molar-refractivity contribution in [3.63, 3.8) is 0 Å². The van der Waals surface area contributed by atoms with Gasteiger partial charge in [0.15, 0.2) is 6.61 Å². The third kappa shape index (κ3) is 4.51. The van der Waals surface area contributed by atoms with Crippen LogP contribution < -0.4 is 4.90 Å². The molecule has 0 atom stereocenters. The SMILES string of the molecule is C=CCN1C(=O)c2ccc(C(=O)OCC(=O)N(CCC#N)c3ccccc3)cc2C1=O. The minimum absolute atomic E-state index is 0.0523. The topological polar surface area (TPSA) is 108 Å². The van der Waals surface area contributed by atoms with Crippen molar-refractivity contribution in [3.8, 4) is 6.07 Å². The van der Waals surface area contributed by atoms with Gasteiger partial charge in [0, 0.05) is 18.8 Å². The second-order valence-corrected chi connectivity index (χ2v) is 6.64. The Morgan fingerprint density at radius 1 is 1.10 bits per heavy atom. The van der Waals surface area contributed by atoms with E-state index in [1.807, 2.05) is 6.07 Å². The molecule has 0 saturated carbocycles. The van der Waals surface area contributed by atoms with Crippen LogP contribution in [0.15, 0.2) is 61.2 Å². The summed E-state index contributed by atoms with van der Waals surface area (Å²) < 4.78 is 5.13. The van der Waals surface area contributed by atoms with Gasteiger partial charge in [-0.3, -0.25) is 19.3 Å². The van der Waals surface area contributed by atoms with Crippen LogP contribution in [0.25, 0.3) is 0 Å². The molecule has 0 aliphatic carbocycles. The Kier molecular flexibility index (Phi) is 6.58. The number of nitriles is 1. The summed E-state index contributed by atoms with van der Waals surface area (Å²) in [5.74, 6) is -2.25. The number of carbonyl (C=O) groups excluding carboxylic acids is 4. The summed E-state index contributed by atoms with van der Waals surface area (Å²) in [6.45, 7) is 3.21. The van der Waals surface area contributed by atoms with Crippen molar-refractivity contribution in [2.24, 2.45) is 0 Å². The highest BCUT2D eigenvalue weighted by molar-refractivity contribution is 6.22. The van der Waals surface area contributed by atoms with Gasteiger partial charge in [-0.05, 0) is 30.3 Å². The minimum Gasteiger partial charge on any atom is -0.452 e. The van der Waals surface area contributed by atoms with E-state index in [1.54, 1.807) is 30.3 Å². The lowest BCUT2D eigenvalue weighted by atomic mass is 10.1. The number of fused-ring (bicyclic) bond motifs is 1. The number of rotatable bonds is 8. The van der Waals surface area contributed by atoms with Crippen LogP contribution in [-0.4, -0.2) is 48.3 Å². The standard InChI is InChI=1S/C23H19N3O5/c1-2-12-26-21(28)18-10-9-16(14-19(18)22(26)29)23(30)31-15-20(27)25(13-6-11-24)17-7-4-3-5-8-17/h2-5,7-10,14H,1,6,12-13,15H2. The number of esters is 1. The van der Waals surface area contributed by atoms with Gasteiger partial charge >= 0.3 is 5.97 Å². The van der Waals surface area contributed by atoms with Gasteiger partial charge < -0.3 is 9.64 Å². The molecule has 1 heterocycles. The molecule has 3 rings (SSSR count).